The maximum absolute atomic E-state index is 3.97. The Hall–Kier alpha value is -1.03. The molecule has 2 aliphatic heterocycles. The molecule has 2 fully saturated rings. The van der Waals surface area contributed by atoms with E-state index in [4.69, 9.17) is 0 Å². The molecule has 3 heterocycles. The zero-order valence-corrected chi connectivity index (χ0v) is 8.95. The van der Waals surface area contributed by atoms with Gasteiger partial charge in [-0.2, -0.15) is 5.10 Å². The molecule has 2 aliphatic rings. The largest absolute Gasteiger partial charge is 0.379 e. The second kappa shape index (κ2) is 3.85. The van der Waals surface area contributed by atoms with E-state index in [1.165, 1.54) is 38.9 Å². The summed E-state index contributed by atoms with van der Waals surface area (Å²) in [5, 5.41) is 10.4. The summed E-state index contributed by atoms with van der Waals surface area (Å²) < 4.78 is 0. The van der Waals surface area contributed by atoms with Gasteiger partial charge in [0.15, 0.2) is 0 Å². The van der Waals surface area contributed by atoms with Crippen molar-refractivity contribution in [3.8, 4) is 0 Å². The quantitative estimate of drug-likeness (QED) is 0.766. The molecule has 82 valence electrons. The molecule has 15 heavy (non-hydrogen) atoms. The van der Waals surface area contributed by atoms with Crippen molar-refractivity contribution in [2.24, 2.45) is 5.92 Å². The summed E-state index contributed by atoms with van der Waals surface area (Å²) in [5.41, 5.74) is 1.14. The molecule has 0 saturated carbocycles. The van der Waals surface area contributed by atoms with Crippen LogP contribution in [0.4, 0.5) is 5.69 Å². The fourth-order valence-corrected chi connectivity index (χ4v) is 2.91. The van der Waals surface area contributed by atoms with Crippen molar-refractivity contribution in [1.29, 1.82) is 0 Å². The molecule has 0 spiro atoms. The summed E-state index contributed by atoms with van der Waals surface area (Å²) in [6, 6.07) is 0.652. The average Bonchev–Trinajstić information content (AvgIpc) is 2.76. The predicted molar refractivity (Wildman–Crippen MR) is 59.8 cm³/mol. The topological polar surface area (TPSA) is 44.0 Å². The Morgan fingerprint density at radius 2 is 2.40 bits per heavy atom. The van der Waals surface area contributed by atoms with Gasteiger partial charge >= 0.3 is 0 Å². The van der Waals surface area contributed by atoms with E-state index in [-0.39, 0.29) is 0 Å². The normalized spacial score (nSPS) is 35.1. The Kier molecular flexibility index (Phi) is 2.37. The highest BCUT2D eigenvalue weighted by Gasteiger charge is 2.31. The van der Waals surface area contributed by atoms with E-state index in [2.05, 4.69) is 20.4 Å². The molecule has 1 aromatic heterocycles. The maximum atomic E-state index is 3.97. The first-order chi connectivity index (χ1) is 7.42. The molecule has 3 unspecified atom stereocenters. The summed E-state index contributed by atoms with van der Waals surface area (Å²) in [6.45, 7) is 3.86. The van der Waals surface area contributed by atoms with Gasteiger partial charge in [0.05, 0.1) is 11.9 Å². The Labute approximate surface area is 90.0 Å². The van der Waals surface area contributed by atoms with Crippen LogP contribution in [-0.2, 0) is 0 Å². The smallest absolute Gasteiger partial charge is 0.0726 e. The summed E-state index contributed by atoms with van der Waals surface area (Å²) in [6.07, 6.45) is 7.83. The third-order valence-electron chi connectivity index (χ3n) is 3.72. The minimum Gasteiger partial charge on any atom is -0.379 e. The summed E-state index contributed by atoms with van der Waals surface area (Å²) in [5.74, 6) is 0.836. The van der Waals surface area contributed by atoms with Crippen molar-refractivity contribution in [2.45, 2.75) is 25.3 Å². The standard InChI is InChI=1S/C11H18N4/c1-2-9-8-15(4-1)5-3-11(9)14-10-6-12-13-7-10/h6-7,9,11,14H,1-5,8H2,(H,12,13). The Bertz CT molecular complexity index is 308. The fourth-order valence-electron chi connectivity index (χ4n) is 2.91. The predicted octanol–water partition coefficient (Wildman–Crippen LogP) is 1.31. The number of H-pyrrole nitrogens is 1. The van der Waals surface area contributed by atoms with Gasteiger partial charge in [-0.3, -0.25) is 5.10 Å². The molecule has 4 nitrogen and oxygen atoms in total. The number of nitrogens with zero attached hydrogens (tertiary/aromatic N) is 2. The van der Waals surface area contributed by atoms with Crippen LogP contribution in [0.5, 0.6) is 0 Å². The van der Waals surface area contributed by atoms with E-state index < -0.39 is 0 Å². The lowest BCUT2D eigenvalue weighted by atomic mass is 9.85. The van der Waals surface area contributed by atoms with E-state index in [0.717, 1.165) is 11.6 Å². The highest BCUT2D eigenvalue weighted by Crippen LogP contribution is 2.28. The molecular formula is C11H18N4. The molecule has 1 aromatic rings. The Morgan fingerprint density at radius 3 is 3.27 bits per heavy atom. The first-order valence-corrected chi connectivity index (χ1v) is 5.89. The fraction of sp³-hybridized carbons (Fsp3) is 0.727. The van der Waals surface area contributed by atoms with Crippen LogP contribution in [0.2, 0.25) is 0 Å². The molecule has 0 amide bonds. The van der Waals surface area contributed by atoms with E-state index in [0.29, 0.717) is 6.04 Å². The second-order valence-electron chi connectivity index (χ2n) is 4.73. The minimum atomic E-state index is 0.652. The molecule has 2 bridgehead atoms. The van der Waals surface area contributed by atoms with Crippen LogP contribution in [0, 0.1) is 5.92 Å². The van der Waals surface area contributed by atoms with Gasteiger partial charge in [0.2, 0.25) is 0 Å². The molecule has 2 saturated heterocycles. The molecule has 0 radical (unpaired) electrons. The summed E-state index contributed by atoms with van der Waals surface area (Å²) in [7, 11) is 0. The lowest BCUT2D eigenvalue weighted by Crippen LogP contribution is -2.49. The van der Waals surface area contributed by atoms with Crippen LogP contribution in [0.1, 0.15) is 19.3 Å². The number of fused-ring (bicyclic) bond motifs is 2. The number of nitrogens with one attached hydrogen (secondary N) is 2. The Morgan fingerprint density at radius 1 is 1.40 bits per heavy atom. The number of rotatable bonds is 2. The zero-order valence-electron chi connectivity index (χ0n) is 8.95. The first-order valence-electron chi connectivity index (χ1n) is 5.89. The van der Waals surface area contributed by atoms with Gasteiger partial charge in [0.1, 0.15) is 0 Å². The highest BCUT2D eigenvalue weighted by atomic mass is 15.2. The van der Waals surface area contributed by atoms with Crippen LogP contribution in [0.25, 0.3) is 0 Å². The molecular weight excluding hydrogens is 188 g/mol. The zero-order chi connectivity index (χ0) is 10.1. The molecule has 0 aliphatic carbocycles. The van der Waals surface area contributed by atoms with Crippen molar-refractivity contribution in [1.82, 2.24) is 15.1 Å². The van der Waals surface area contributed by atoms with Crippen molar-refractivity contribution in [3.63, 3.8) is 0 Å². The second-order valence-corrected chi connectivity index (χ2v) is 4.73. The SMILES string of the molecule is c1n[nH]cc1NC1CCN2CCCC1C2. The van der Waals surface area contributed by atoms with Crippen molar-refractivity contribution in [2.75, 3.05) is 25.0 Å². The third-order valence-corrected chi connectivity index (χ3v) is 3.72. The van der Waals surface area contributed by atoms with Crippen LogP contribution < -0.4 is 5.32 Å². The van der Waals surface area contributed by atoms with E-state index >= 15 is 0 Å². The Balaban J connectivity index is 1.66. The molecule has 3 atom stereocenters. The molecule has 3 rings (SSSR count). The van der Waals surface area contributed by atoms with Crippen LogP contribution in [-0.4, -0.2) is 40.8 Å². The van der Waals surface area contributed by atoms with E-state index in [1.54, 1.807) is 0 Å². The lowest BCUT2D eigenvalue weighted by Gasteiger charge is -2.43. The molecule has 4 heteroatoms. The summed E-state index contributed by atoms with van der Waals surface area (Å²) >= 11 is 0. The highest BCUT2D eigenvalue weighted by molar-refractivity contribution is 5.39. The van der Waals surface area contributed by atoms with Crippen LogP contribution >= 0.6 is 0 Å². The number of hydrogen-bond acceptors (Lipinski definition) is 3. The lowest BCUT2D eigenvalue weighted by molar-refractivity contribution is 0.113. The molecule has 0 aromatic carbocycles. The van der Waals surface area contributed by atoms with Crippen molar-refractivity contribution >= 4 is 5.69 Å². The number of aromatic amines is 1. The number of aromatic nitrogens is 2. The van der Waals surface area contributed by atoms with E-state index in [1.807, 2.05) is 12.4 Å². The van der Waals surface area contributed by atoms with Crippen molar-refractivity contribution in [3.05, 3.63) is 12.4 Å². The van der Waals surface area contributed by atoms with Gasteiger partial charge in [0.25, 0.3) is 0 Å². The minimum absolute atomic E-state index is 0.652. The number of hydrogen-bond donors (Lipinski definition) is 2. The number of piperidine rings is 2. The van der Waals surface area contributed by atoms with Gasteiger partial charge in [-0.1, -0.05) is 0 Å². The number of anilines is 1. The summed E-state index contributed by atoms with van der Waals surface area (Å²) in [4.78, 5) is 2.60. The van der Waals surface area contributed by atoms with Gasteiger partial charge < -0.3 is 10.2 Å². The van der Waals surface area contributed by atoms with Gasteiger partial charge in [-0.25, -0.2) is 0 Å². The third kappa shape index (κ3) is 1.86. The van der Waals surface area contributed by atoms with Crippen molar-refractivity contribution < 1.29 is 0 Å². The monoisotopic (exact) mass is 206 g/mol. The average molecular weight is 206 g/mol. The van der Waals surface area contributed by atoms with E-state index in [9.17, 15) is 0 Å². The molecule has 2 N–H and O–H groups in total. The van der Waals surface area contributed by atoms with Gasteiger partial charge in [-0.05, 0) is 31.7 Å². The van der Waals surface area contributed by atoms with Crippen LogP contribution in [0.3, 0.4) is 0 Å². The van der Waals surface area contributed by atoms with Gasteiger partial charge in [0, 0.05) is 25.3 Å². The van der Waals surface area contributed by atoms with Gasteiger partial charge in [-0.15, -0.1) is 0 Å². The first kappa shape index (κ1) is 9.21. The maximum Gasteiger partial charge on any atom is 0.0726 e. The van der Waals surface area contributed by atoms with Crippen LogP contribution in [0.15, 0.2) is 12.4 Å².